The minimum absolute atomic E-state index is 0.0118. The van der Waals surface area contributed by atoms with Crippen molar-refractivity contribution in [3.05, 3.63) is 63.8 Å². The van der Waals surface area contributed by atoms with E-state index in [0.29, 0.717) is 12.4 Å². The Balaban J connectivity index is 2.08. The molecule has 1 N–H and O–H groups in total. The van der Waals surface area contributed by atoms with E-state index < -0.39 is 4.92 Å². The first-order valence-electron chi connectivity index (χ1n) is 5.55. The van der Waals surface area contributed by atoms with Gasteiger partial charge in [-0.1, -0.05) is 30.3 Å². The van der Waals surface area contributed by atoms with E-state index in [4.69, 9.17) is 0 Å². The number of rotatable bonds is 4. The normalized spacial score (nSPS) is 10.1. The van der Waals surface area contributed by atoms with Crippen molar-refractivity contribution in [2.45, 2.75) is 13.5 Å². The summed E-state index contributed by atoms with van der Waals surface area (Å²) in [4.78, 5) is 14.2. The molecule has 0 saturated carbocycles. The predicted molar refractivity (Wildman–Crippen MR) is 69.4 cm³/mol. The summed E-state index contributed by atoms with van der Waals surface area (Å²) in [6.07, 6.45) is 1.26. The molecule has 0 aliphatic carbocycles. The van der Waals surface area contributed by atoms with E-state index in [1.165, 1.54) is 12.3 Å². The summed E-state index contributed by atoms with van der Waals surface area (Å²) >= 11 is 0. The molecule has 1 heterocycles. The highest BCUT2D eigenvalue weighted by atomic mass is 16.6. The molecule has 5 heteroatoms. The molecule has 0 atom stereocenters. The van der Waals surface area contributed by atoms with Gasteiger partial charge in [-0.3, -0.25) is 10.1 Å². The predicted octanol–water partition coefficient (Wildman–Crippen LogP) is 2.91. The number of nitro groups is 1. The summed E-state index contributed by atoms with van der Waals surface area (Å²) in [6, 6.07) is 11.4. The zero-order chi connectivity index (χ0) is 13.0. The highest BCUT2D eigenvalue weighted by Gasteiger charge is 2.08. The minimum atomic E-state index is -0.443. The van der Waals surface area contributed by atoms with Gasteiger partial charge >= 0.3 is 0 Å². The standard InChI is InChI=1S/C13H13N3O2/c1-10-7-12(16(17)18)9-15-13(10)14-8-11-5-3-2-4-6-11/h2-7,9H,8H2,1H3,(H,14,15). The fourth-order valence-electron chi connectivity index (χ4n) is 1.63. The fraction of sp³-hybridized carbons (Fsp3) is 0.154. The third-order valence-corrected chi connectivity index (χ3v) is 2.58. The maximum absolute atomic E-state index is 10.6. The first kappa shape index (κ1) is 12.0. The lowest BCUT2D eigenvalue weighted by atomic mass is 10.2. The van der Waals surface area contributed by atoms with Crippen LogP contribution in [0.4, 0.5) is 11.5 Å². The Morgan fingerprint density at radius 2 is 2.06 bits per heavy atom. The molecule has 92 valence electrons. The van der Waals surface area contributed by atoms with Crippen LogP contribution in [0.1, 0.15) is 11.1 Å². The Kier molecular flexibility index (Phi) is 3.52. The van der Waals surface area contributed by atoms with Crippen molar-refractivity contribution in [2.75, 3.05) is 5.32 Å². The second kappa shape index (κ2) is 5.27. The molecule has 0 amide bonds. The Morgan fingerprint density at radius 1 is 1.33 bits per heavy atom. The van der Waals surface area contributed by atoms with Crippen molar-refractivity contribution >= 4 is 11.5 Å². The molecule has 0 unspecified atom stereocenters. The highest BCUT2D eigenvalue weighted by molar-refractivity contribution is 5.48. The number of anilines is 1. The van der Waals surface area contributed by atoms with Crippen LogP contribution in [0.25, 0.3) is 0 Å². The van der Waals surface area contributed by atoms with Crippen molar-refractivity contribution in [3.8, 4) is 0 Å². The minimum Gasteiger partial charge on any atom is -0.366 e. The second-order valence-electron chi connectivity index (χ2n) is 3.96. The maximum Gasteiger partial charge on any atom is 0.287 e. The van der Waals surface area contributed by atoms with Gasteiger partial charge in [-0.15, -0.1) is 0 Å². The fourth-order valence-corrected chi connectivity index (χ4v) is 1.63. The molecule has 2 aromatic rings. The Hall–Kier alpha value is -2.43. The number of hydrogen-bond donors (Lipinski definition) is 1. The number of nitrogens with one attached hydrogen (secondary N) is 1. The third-order valence-electron chi connectivity index (χ3n) is 2.58. The monoisotopic (exact) mass is 243 g/mol. The van der Waals surface area contributed by atoms with Gasteiger partial charge in [0.1, 0.15) is 12.0 Å². The molecule has 0 aliphatic heterocycles. The highest BCUT2D eigenvalue weighted by Crippen LogP contribution is 2.18. The molecule has 0 aliphatic rings. The molecule has 1 aromatic carbocycles. The average molecular weight is 243 g/mol. The lowest BCUT2D eigenvalue weighted by Crippen LogP contribution is -2.03. The smallest absolute Gasteiger partial charge is 0.287 e. The second-order valence-corrected chi connectivity index (χ2v) is 3.96. The van der Waals surface area contributed by atoms with Gasteiger partial charge in [-0.05, 0) is 18.1 Å². The summed E-state index contributed by atoms with van der Waals surface area (Å²) < 4.78 is 0. The number of aryl methyl sites for hydroxylation is 1. The molecule has 0 radical (unpaired) electrons. The van der Waals surface area contributed by atoms with Crippen molar-refractivity contribution < 1.29 is 4.92 Å². The van der Waals surface area contributed by atoms with Crippen molar-refractivity contribution in [1.82, 2.24) is 4.98 Å². The van der Waals surface area contributed by atoms with Crippen LogP contribution in [-0.4, -0.2) is 9.91 Å². The van der Waals surface area contributed by atoms with Crippen LogP contribution in [0.5, 0.6) is 0 Å². The first-order chi connectivity index (χ1) is 8.66. The average Bonchev–Trinajstić information content (AvgIpc) is 2.38. The number of aromatic nitrogens is 1. The van der Waals surface area contributed by atoms with Crippen molar-refractivity contribution in [2.24, 2.45) is 0 Å². The third kappa shape index (κ3) is 2.82. The van der Waals surface area contributed by atoms with Gasteiger partial charge in [0.25, 0.3) is 5.69 Å². The van der Waals surface area contributed by atoms with Gasteiger partial charge < -0.3 is 5.32 Å². The first-order valence-corrected chi connectivity index (χ1v) is 5.55. The topological polar surface area (TPSA) is 68.1 Å². The van der Waals surface area contributed by atoms with Crippen LogP contribution in [0.3, 0.4) is 0 Å². The summed E-state index contributed by atoms with van der Waals surface area (Å²) in [6.45, 7) is 2.44. The van der Waals surface area contributed by atoms with Crippen LogP contribution < -0.4 is 5.32 Å². The molecule has 1 aromatic heterocycles. The van der Waals surface area contributed by atoms with Crippen LogP contribution in [0.15, 0.2) is 42.6 Å². The van der Waals surface area contributed by atoms with E-state index in [1.807, 2.05) is 30.3 Å². The van der Waals surface area contributed by atoms with Crippen molar-refractivity contribution in [1.29, 1.82) is 0 Å². The molecular weight excluding hydrogens is 230 g/mol. The SMILES string of the molecule is Cc1cc([N+](=O)[O-])cnc1NCc1ccccc1. The van der Waals surface area contributed by atoms with Crippen molar-refractivity contribution in [3.63, 3.8) is 0 Å². The Bertz CT molecular complexity index is 555. The van der Waals surface area contributed by atoms with Crippen LogP contribution in [0, 0.1) is 17.0 Å². The summed E-state index contributed by atoms with van der Waals surface area (Å²) in [5.74, 6) is 0.671. The van der Waals surface area contributed by atoms with Gasteiger partial charge in [-0.2, -0.15) is 0 Å². The van der Waals surface area contributed by atoms with E-state index in [2.05, 4.69) is 10.3 Å². The Labute approximate surface area is 105 Å². The van der Waals surface area contributed by atoms with Crippen LogP contribution in [0.2, 0.25) is 0 Å². The van der Waals surface area contributed by atoms with Gasteiger partial charge in [-0.25, -0.2) is 4.98 Å². The quantitative estimate of drug-likeness (QED) is 0.662. The molecule has 0 fully saturated rings. The summed E-state index contributed by atoms with van der Waals surface area (Å²) in [7, 11) is 0. The van der Waals surface area contributed by atoms with Gasteiger partial charge in [0.05, 0.1) is 4.92 Å². The number of nitrogens with zero attached hydrogens (tertiary/aromatic N) is 2. The molecule has 2 rings (SSSR count). The van der Waals surface area contributed by atoms with Gasteiger partial charge in [0.15, 0.2) is 0 Å². The largest absolute Gasteiger partial charge is 0.366 e. The molecule has 0 bridgehead atoms. The van der Waals surface area contributed by atoms with Crippen LogP contribution >= 0.6 is 0 Å². The number of hydrogen-bond acceptors (Lipinski definition) is 4. The van der Waals surface area contributed by atoms with E-state index in [1.54, 1.807) is 6.92 Å². The molecular formula is C13H13N3O2. The Morgan fingerprint density at radius 3 is 2.67 bits per heavy atom. The molecule has 5 nitrogen and oxygen atoms in total. The maximum atomic E-state index is 10.6. The number of benzene rings is 1. The van der Waals surface area contributed by atoms with Gasteiger partial charge in [0, 0.05) is 12.6 Å². The molecule has 0 spiro atoms. The van der Waals surface area contributed by atoms with E-state index in [0.717, 1.165) is 11.1 Å². The van der Waals surface area contributed by atoms with E-state index in [-0.39, 0.29) is 5.69 Å². The van der Waals surface area contributed by atoms with E-state index in [9.17, 15) is 10.1 Å². The molecule has 18 heavy (non-hydrogen) atoms. The lowest BCUT2D eigenvalue weighted by Gasteiger charge is -2.08. The summed E-state index contributed by atoms with van der Waals surface area (Å²) in [5, 5.41) is 13.8. The summed E-state index contributed by atoms with van der Waals surface area (Å²) in [5.41, 5.74) is 1.91. The lowest BCUT2D eigenvalue weighted by molar-refractivity contribution is -0.385. The zero-order valence-electron chi connectivity index (χ0n) is 9.96. The zero-order valence-corrected chi connectivity index (χ0v) is 9.96. The molecule has 0 saturated heterocycles. The number of pyridine rings is 1. The van der Waals surface area contributed by atoms with E-state index >= 15 is 0 Å². The van der Waals surface area contributed by atoms with Crippen LogP contribution in [-0.2, 0) is 6.54 Å². The van der Waals surface area contributed by atoms with Gasteiger partial charge in [0.2, 0.25) is 0 Å².